The number of aromatic nitrogens is 3. The molecule has 2 rings (SSSR count). The molecule has 2 aromatic heterocycles. The average Bonchev–Trinajstić information content (AvgIpc) is 2.47. The summed E-state index contributed by atoms with van der Waals surface area (Å²) in [6.07, 6.45) is 2.62. The van der Waals surface area contributed by atoms with E-state index in [-0.39, 0.29) is 28.8 Å². The van der Waals surface area contributed by atoms with E-state index in [1.54, 1.807) is 14.1 Å². The number of hydrogen-bond donors (Lipinski definition) is 1. The van der Waals surface area contributed by atoms with Crippen LogP contribution < -0.4 is 4.74 Å². The summed E-state index contributed by atoms with van der Waals surface area (Å²) < 4.78 is 5.32. The first kappa shape index (κ1) is 14.4. The van der Waals surface area contributed by atoms with Gasteiger partial charge < -0.3 is 14.7 Å². The van der Waals surface area contributed by atoms with Crippen LogP contribution >= 0.6 is 0 Å². The molecule has 2 heterocycles. The van der Waals surface area contributed by atoms with E-state index in [0.717, 1.165) is 0 Å². The van der Waals surface area contributed by atoms with E-state index >= 15 is 0 Å². The summed E-state index contributed by atoms with van der Waals surface area (Å²) in [4.78, 5) is 27.9. The van der Waals surface area contributed by atoms with E-state index in [4.69, 9.17) is 9.84 Å². The van der Waals surface area contributed by atoms with Gasteiger partial charge in [0.05, 0.1) is 6.20 Å². The van der Waals surface area contributed by atoms with Gasteiger partial charge >= 0.3 is 5.97 Å². The largest absolute Gasteiger partial charge is 0.478 e. The minimum absolute atomic E-state index is 0.0414. The zero-order valence-electron chi connectivity index (χ0n) is 11.3. The fraction of sp³-hybridized carbons (Fsp3) is 0.154. The van der Waals surface area contributed by atoms with Gasteiger partial charge in [0, 0.05) is 26.4 Å². The topological polar surface area (TPSA) is 106 Å². The quantitative estimate of drug-likeness (QED) is 0.896. The number of nitrogens with zero attached hydrogens (tertiary/aromatic N) is 4. The molecule has 1 amide bonds. The standard InChI is InChI=1S/C13H12N4O4/c1-17(2)12(18)9-3-4-11(16-15-9)21-10-7-14-6-5-8(10)13(19)20/h3-7H,1-2H3,(H,19,20). The third kappa shape index (κ3) is 3.30. The van der Waals surface area contributed by atoms with E-state index in [9.17, 15) is 9.59 Å². The highest BCUT2D eigenvalue weighted by Gasteiger charge is 2.14. The molecule has 0 fully saturated rings. The van der Waals surface area contributed by atoms with Crippen LogP contribution in [0.1, 0.15) is 20.8 Å². The van der Waals surface area contributed by atoms with Gasteiger partial charge in [-0.25, -0.2) is 4.79 Å². The van der Waals surface area contributed by atoms with E-state index in [2.05, 4.69) is 15.2 Å². The maximum atomic E-state index is 11.7. The van der Waals surface area contributed by atoms with Gasteiger partial charge in [-0.05, 0) is 12.1 Å². The number of ether oxygens (including phenoxy) is 1. The molecule has 0 radical (unpaired) electrons. The number of carboxylic acid groups (broad SMARTS) is 1. The molecule has 0 bridgehead atoms. The predicted octanol–water partition coefficient (Wildman–Crippen LogP) is 1.06. The van der Waals surface area contributed by atoms with Gasteiger partial charge in [-0.1, -0.05) is 0 Å². The van der Waals surface area contributed by atoms with Crippen LogP contribution in [0.5, 0.6) is 11.6 Å². The molecule has 1 N–H and O–H groups in total. The van der Waals surface area contributed by atoms with Gasteiger partial charge in [-0.15, -0.1) is 10.2 Å². The van der Waals surface area contributed by atoms with Gasteiger partial charge in [0.1, 0.15) is 5.56 Å². The van der Waals surface area contributed by atoms with E-state index < -0.39 is 5.97 Å². The van der Waals surface area contributed by atoms with Crippen molar-refractivity contribution in [1.82, 2.24) is 20.1 Å². The molecule has 0 aliphatic heterocycles. The zero-order valence-corrected chi connectivity index (χ0v) is 11.3. The van der Waals surface area contributed by atoms with Gasteiger partial charge in [0.2, 0.25) is 5.88 Å². The Labute approximate surface area is 120 Å². The van der Waals surface area contributed by atoms with Crippen molar-refractivity contribution in [2.45, 2.75) is 0 Å². The summed E-state index contributed by atoms with van der Waals surface area (Å²) in [5.41, 5.74) is 0.122. The molecule has 0 aliphatic rings. The normalized spacial score (nSPS) is 10.0. The number of aromatic carboxylic acids is 1. The lowest BCUT2D eigenvalue weighted by Gasteiger charge is -2.09. The number of carbonyl (C=O) groups excluding carboxylic acids is 1. The van der Waals surface area contributed by atoms with Gasteiger partial charge in [0.15, 0.2) is 11.4 Å². The summed E-state index contributed by atoms with van der Waals surface area (Å²) >= 11 is 0. The molecule has 0 aliphatic carbocycles. The maximum Gasteiger partial charge on any atom is 0.339 e. The lowest BCUT2D eigenvalue weighted by molar-refractivity contribution is 0.0693. The van der Waals surface area contributed by atoms with Crippen LogP contribution in [0, 0.1) is 0 Å². The average molecular weight is 288 g/mol. The summed E-state index contributed by atoms with van der Waals surface area (Å²) in [6, 6.07) is 4.19. The molecule has 2 aromatic rings. The van der Waals surface area contributed by atoms with Crippen molar-refractivity contribution in [1.29, 1.82) is 0 Å². The van der Waals surface area contributed by atoms with Crippen LogP contribution in [-0.2, 0) is 0 Å². The number of pyridine rings is 1. The smallest absolute Gasteiger partial charge is 0.339 e. The second-order valence-electron chi connectivity index (χ2n) is 4.24. The van der Waals surface area contributed by atoms with E-state index in [1.807, 2.05) is 0 Å². The molecular weight excluding hydrogens is 276 g/mol. The monoisotopic (exact) mass is 288 g/mol. The van der Waals surface area contributed by atoms with E-state index in [0.29, 0.717) is 0 Å². The van der Waals surface area contributed by atoms with Crippen LogP contribution in [0.2, 0.25) is 0 Å². The third-order valence-corrected chi connectivity index (χ3v) is 2.49. The van der Waals surface area contributed by atoms with Crippen LogP contribution in [0.4, 0.5) is 0 Å². The molecule has 8 heteroatoms. The molecule has 0 aromatic carbocycles. The minimum Gasteiger partial charge on any atom is -0.478 e. The van der Waals surface area contributed by atoms with Crippen LogP contribution in [0.25, 0.3) is 0 Å². The fourth-order valence-corrected chi connectivity index (χ4v) is 1.47. The molecule has 0 saturated heterocycles. The lowest BCUT2D eigenvalue weighted by atomic mass is 10.2. The molecule has 0 atom stereocenters. The molecule has 0 saturated carbocycles. The summed E-state index contributed by atoms with van der Waals surface area (Å²) in [6.45, 7) is 0. The molecule has 8 nitrogen and oxygen atoms in total. The highest BCUT2D eigenvalue weighted by atomic mass is 16.5. The van der Waals surface area contributed by atoms with Crippen molar-refractivity contribution in [3.63, 3.8) is 0 Å². The molecule has 108 valence electrons. The Bertz CT molecular complexity index is 670. The van der Waals surface area contributed by atoms with Crippen molar-refractivity contribution < 1.29 is 19.4 Å². The highest BCUT2D eigenvalue weighted by molar-refractivity contribution is 5.92. The molecule has 0 spiro atoms. The number of amides is 1. The minimum atomic E-state index is -1.14. The van der Waals surface area contributed by atoms with Crippen molar-refractivity contribution in [3.05, 3.63) is 41.9 Å². The number of carboxylic acids is 1. The van der Waals surface area contributed by atoms with Crippen LogP contribution in [-0.4, -0.2) is 51.2 Å². The number of rotatable bonds is 4. The van der Waals surface area contributed by atoms with Crippen molar-refractivity contribution in [2.75, 3.05) is 14.1 Å². The molecular formula is C13H12N4O4. The second kappa shape index (κ2) is 5.95. The van der Waals surface area contributed by atoms with Crippen molar-refractivity contribution in [3.8, 4) is 11.6 Å². The summed E-state index contributed by atoms with van der Waals surface area (Å²) in [5.74, 6) is -1.31. The Kier molecular flexibility index (Phi) is 4.07. The van der Waals surface area contributed by atoms with Gasteiger partial charge in [-0.3, -0.25) is 9.78 Å². The highest BCUT2D eigenvalue weighted by Crippen LogP contribution is 2.22. The Balaban J connectivity index is 2.22. The number of hydrogen-bond acceptors (Lipinski definition) is 6. The lowest BCUT2D eigenvalue weighted by Crippen LogP contribution is -2.23. The van der Waals surface area contributed by atoms with Gasteiger partial charge in [0.25, 0.3) is 5.91 Å². The maximum absolute atomic E-state index is 11.7. The second-order valence-corrected chi connectivity index (χ2v) is 4.24. The molecule has 0 unspecified atom stereocenters. The summed E-state index contributed by atoms with van der Waals surface area (Å²) in [7, 11) is 3.20. The Morgan fingerprint density at radius 1 is 1.19 bits per heavy atom. The van der Waals surface area contributed by atoms with Crippen LogP contribution in [0.3, 0.4) is 0 Å². The fourth-order valence-electron chi connectivity index (χ4n) is 1.47. The van der Waals surface area contributed by atoms with Crippen molar-refractivity contribution >= 4 is 11.9 Å². The summed E-state index contributed by atoms with van der Waals surface area (Å²) in [5, 5.41) is 16.5. The zero-order chi connectivity index (χ0) is 15.4. The van der Waals surface area contributed by atoms with Crippen LogP contribution in [0.15, 0.2) is 30.6 Å². The third-order valence-electron chi connectivity index (χ3n) is 2.49. The van der Waals surface area contributed by atoms with Crippen molar-refractivity contribution in [2.24, 2.45) is 0 Å². The Morgan fingerprint density at radius 3 is 2.52 bits per heavy atom. The van der Waals surface area contributed by atoms with E-state index in [1.165, 1.54) is 35.5 Å². The SMILES string of the molecule is CN(C)C(=O)c1ccc(Oc2cnccc2C(=O)O)nn1. The first-order valence-corrected chi connectivity index (χ1v) is 5.89. The Hall–Kier alpha value is -3.03. The van der Waals surface area contributed by atoms with Gasteiger partial charge in [-0.2, -0.15) is 0 Å². The number of carbonyl (C=O) groups is 2. The molecule has 21 heavy (non-hydrogen) atoms. The Morgan fingerprint density at radius 2 is 1.95 bits per heavy atom. The first-order valence-electron chi connectivity index (χ1n) is 5.89. The first-order chi connectivity index (χ1) is 9.99. The predicted molar refractivity (Wildman–Crippen MR) is 71.3 cm³/mol.